The fraction of sp³-hybridized carbons (Fsp3) is 0.353. The van der Waals surface area contributed by atoms with Crippen LogP contribution in [0, 0.1) is 0 Å². The molecule has 0 unspecified atom stereocenters. The number of nitrogens with one attached hydrogen (secondary N) is 1. The number of hydrogen-bond acceptors (Lipinski definition) is 6. The second-order valence-electron chi connectivity index (χ2n) is 5.35. The monoisotopic (exact) mass is 348 g/mol. The zero-order valence-corrected chi connectivity index (χ0v) is 14.8. The molecule has 0 radical (unpaired) electrons. The van der Waals surface area contributed by atoms with Crippen molar-refractivity contribution < 1.29 is 9.53 Å². The Balaban J connectivity index is 2.20. The van der Waals surface area contributed by atoms with Gasteiger partial charge in [-0.25, -0.2) is 14.8 Å². The summed E-state index contributed by atoms with van der Waals surface area (Å²) in [4.78, 5) is 22.2. The zero-order valence-electron chi connectivity index (χ0n) is 14.0. The number of aromatic nitrogens is 2. The number of ether oxygens (including phenoxy) is 1. The van der Waals surface area contributed by atoms with Gasteiger partial charge in [0.1, 0.15) is 18.0 Å². The van der Waals surface area contributed by atoms with Crippen LogP contribution in [0.3, 0.4) is 0 Å². The zero-order chi connectivity index (χ0) is 17.5. The van der Waals surface area contributed by atoms with Crippen LogP contribution in [0.4, 0.5) is 17.3 Å². The maximum Gasteiger partial charge on any atom is 0.337 e. The van der Waals surface area contributed by atoms with Crippen LogP contribution in [-0.2, 0) is 4.74 Å². The van der Waals surface area contributed by atoms with E-state index in [1.807, 2.05) is 13.1 Å². The molecule has 24 heavy (non-hydrogen) atoms. The van der Waals surface area contributed by atoms with Crippen LogP contribution < -0.4 is 10.2 Å². The molecule has 0 aliphatic carbocycles. The van der Waals surface area contributed by atoms with Gasteiger partial charge in [-0.1, -0.05) is 24.9 Å². The normalized spacial score (nSPS) is 10.3. The van der Waals surface area contributed by atoms with Crippen molar-refractivity contribution in [1.29, 1.82) is 0 Å². The minimum Gasteiger partial charge on any atom is -0.465 e. The molecule has 2 aromatic rings. The van der Waals surface area contributed by atoms with Gasteiger partial charge < -0.3 is 15.0 Å². The minimum absolute atomic E-state index is 0.416. The smallest absolute Gasteiger partial charge is 0.337 e. The van der Waals surface area contributed by atoms with Crippen LogP contribution in [-0.4, -0.2) is 36.6 Å². The molecular weight excluding hydrogens is 328 g/mol. The maximum atomic E-state index is 11.6. The van der Waals surface area contributed by atoms with Crippen LogP contribution in [0.5, 0.6) is 0 Å². The molecule has 0 fully saturated rings. The van der Waals surface area contributed by atoms with Gasteiger partial charge in [-0.05, 0) is 24.6 Å². The van der Waals surface area contributed by atoms with Gasteiger partial charge >= 0.3 is 5.97 Å². The topological polar surface area (TPSA) is 67.4 Å². The molecule has 7 heteroatoms. The van der Waals surface area contributed by atoms with Gasteiger partial charge in [-0.2, -0.15) is 0 Å². The Hall–Kier alpha value is -2.34. The Bertz CT molecular complexity index is 709. The van der Waals surface area contributed by atoms with E-state index >= 15 is 0 Å². The van der Waals surface area contributed by atoms with Crippen LogP contribution in [0.2, 0.25) is 5.02 Å². The molecule has 0 aliphatic rings. The molecule has 128 valence electrons. The first-order valence-electron chi connectivity index (χ1n) is 7.73. The summed E-state index contributed by atoms with van der Waals surface area (Å²) < 4.78 is 4.73. The van der Waals surface area contributed by atoms with Gasteiger partial charge in [0.05, 0.1) is 23.4 Å². The van der Waals surface area contributed by atoms with E-state index in [1.54, 1.807) is 18.2 Å². The summed E-state index contributed by atoms with van der Waals surface area (Å²) in [5.41, 5.74) is 0.999. The third-order valence-electron chi connectivity index (χ3n) is 3.54. The molecule has 1 N–H and O–H groups in total. The Labute approximate surface area is 146 Å². The summed E-state index contributed by atoms with van der Waals surface area (Å²) in [7, 11) is 3.33. The summed E-state index contributed by atoms with van der Waals surface area (Å²) in [5.74, 6) is 1.01. The van der Waals surface area contributed by atoms with Gasteiger partial charge in [0.25, 0.3) is 0 Å². The largest absolute Gasteiger partial charge is 0.465 e. The number of halogens is 1. The number of anilines is 3. The highest BCUT2D eigenvalue weighted by molar-refractivity contribution is 6.33. The molecule has 1 heterocycles. The first kappa shape index (κ1) is 18.0. The van der Waals surface area contributed by atoms with E-state index in [2.05, 4.69) is 27.1 Å². The summed E-state index contributed by atoms with van der Waals surface area (Å²) in [6.45, 7) is 3.07. The standard InChI is InChI=1S/C17H21ClN4O2/c1-4-5-8-22(2)16-10-15(19-11-20-16)21-14-9-12(17(23)24-3)6-7-13(14)18/h6-7,9-11H,4-5,8H2,1-3H3,(H,19,20,21). The first-order chi connectivity index (χ1) is 11.5. The first-order valence-corrected chi connectivity index (χ1v) is 8.11. The average molecular weight is 349 g/mol. The third kappa shape index (κ3) is 4.58. The van der Waals surface area contributed by atoms with E-state index in [1.165, 1.54) is 13.4 Å². The predicted molar refractivity (Wildman–Crippen MR) is 96.3 cm³/mol. The summed E-state index contributed by atoms with van der Waals surface area (Å²) in [6, 6.07) is 6.74. The van der Waals surface area contributed by atoms with Gasteiger partial charge in [0.2, 0.25) is 0 Å². The van der Waals surface area contributed by atoms with Crippen molar-refractivity contribution in [1.82, 2.24) is 9.97 Å². The molecule has 0 spiro atoms. The molecule has 0 saturated carbocycles. The highest BCUT2D eigenvalue weighted by Gasteiger charge is 2.10. The lowest BCUT2D eigenvalue weighted by Gasteiger charge is -2.18. The van der Waals surface area contributed by atoms with Gasteiger partial charge in [0.15, 0.2) is 0 Å². The van der Waals surface area contributed by atoms with E-state index in [-0.39, 0.29) is 0 Å². The van der Waals surface area contributed by atoms with Gasteiger partial charge in [-0.15, -0.1) is 0 Å². The van der Waals surface area contributed by atoms with Crippen molar-refractivity contribution in [3.63, 3.8) is 0 Å². The SMILES string of the molecule is CCCCN(C)c1cc(Nc2cc(C(=O)OC)ccc2Cl)ncn1. The average Bonchev–Trinajstić information content (AvgIpc) is 2.61. The molecule has 0 amide bonds. The molecule has 0 aliphatic heterocycles. The van der Waals surface area contributed by atoms with Gasteiger partial charge in [0, 0.05) is 19.7 Å². The van der Waals surface area contributed by atoms with Gasteiger partial charge in [-0.3, -0.25) is 0 Å². The minimum atomic E-state index is -0.419. The number of esters is 1. The highest BCUT2D eigenvalue weighted by Crippen LogP contribution is 2.27. The Morgan fingerprint density at radius 2 is 2.12 bits per heavy atom. The van der Waals surface area contributed by atoms with E-state index in [0.717, 1.165) is 25.2 Å². The Morgan fingerprint density at radius 1 is 1.33 bits per heavy atom. The van der Waals surface area contributed by atoms with Crippen LogP contribution in [0.15, 0.2) is 30.6 Å². The summed E-state index contributed by atoms with van der Waals surface area (Å²) in [5, 5.41) is 3.61. The second kappa shape index (κ2) is 8.49. The number of carbonyl (C=O) groups excluding carboxylic acids is 1. The fourth-order valence-corrected chi connectivity index (χ4v) is 2.30. The molecule has 1 aromatic carbocycles. The van der Waals surface area contributed by atoms with Crippen molar-refractivity contribution in [2.24, 2.45) is 0 Å². The maximum absolute atomic E-state index is 11.6. The van der Waals surface area contributed by atoms with Crippen molar-refractivity contribution in [2.45, 2.75) is 19.8 Å². The molecule has 6 nitrogen and oxygen atoms in total. The van der Waals surface area contributed by atoms with Crippen LogP contribution in [0.25, 0.3) is 0 Å². The van der Waals surface area contributed by atoms with E-state index in [4.69, 9.17) is 16.3 Å². The predicted octanol–water partition coefficient (Wildman–Crippen LogP) is 3.90. The summed E-state index contributed by atoms with van der Waals surface area (Å²) >= 11 is 6.20. The van der Waals surface area contributed by atoms with Crippen molar-refractivity contribution in [2.75, 3.05) is 30.9 Å². The second-order valence-corrected chi connectivity index (χ2v) is 5.75. The highest BCUT2D eigenvalue weighted by atomic mass is 35.5. The van der Waals surface area contributed by atoms with Crippen LogP contribution >= 0.6 is 11.6 Å². The summed E-state index contributed by atoms with van der Waals surface area (Å²) in [6.07, 6.45) is 3.71. The van der Waals surface area contributed by atoms with Crippen molar-refractivity contribution in [3.8, 4) is 0 Å². The number of benzene rings is 1. The van der Waals surface area contributed by atoms with E-state index in [0.29, 0.717) is 22.1 Å². The van der Waals surface area contributed by atoms with Crippen molar-refractivity contribution >= 4 is 34.9 Å². The molecule has 1 aromatic heterocycles. The van der Waals surface area contributed by atoms with Crippen LogP contribution in [0.1, 0.15) is 30.1 Å². The lowest BCUT2D eigenvalue weighted by molar-refractivity contribution is 0.0601. The number of rotatable bonds is 7. The molecule has 2 rings (SSSR count). The number of unbranched alkanes of at least 4 members (excludes halogenated alkanes) is 1. The van der Waals surface area contributed by atoms with E-state index in [9.17, 15) is 4.79 Å². The quantitative estimate of drug-likeness (QED) is 0.765. The number of carbonyl (C=O) groups is 1. The Morgan fingerprint density at radius 3 is 2.83 bits per heavy atom. The lowest BCUT2D eigenvalue weighted by Crippen LogP contribution is -2.19. The lowest BCUT2D eigenvalue weighted by atomic mass is 10.2. The molecule has 0 atom stereocenters. The fourth-order valence-electron chi connectivity index (χ4n) is 2.14. The molecular formula is C17H21ClN4O2. The number of hydrogen-bond donors (Lipinski definition) is 1. The molecule has 0 bridgehead atoms. The number of methoxy groups -OCH3 is 1. The third-order valence-corrected chi connectivity index (χ3v) is 3.87. The van der Waals surface area contributed by atoms with E-state index < -0.39 is 5.97 Å². The molecule has 0 saturated heterocycles. The van der Waals surface area contributed by atoms with Crippen molar-refractivity contribution in [3.05, 3.63) is 41.2 Å². The Kier molecular flexibility index (Phi) is 6.37. The number of nitrogens with zero attached hydrogens (tertiary/aromatic N) is 3.